The molecule has 1 N–H and O–H groups in total. The van der Waals surface area contributed by atoms with Gasteiger partial charge in [-0.25, -0.2) is 4.98 Å². The van der Waals surface area contributed by atoms with Crippen LogP contribution in [-0.2, 0) is 6.54 Å². The molecule has 0 atom stereocenters. The summed E-state index contributed by atoms with van der Waals surface area (Å²) >= 11 is 0. The van der Waals surface area contributed by atoms with E-state index >= 15 is 0 Å². The summed E-state index contributed by atoms with van der Waals surface area (Å²) in [5.74, 6) is 1.64. The Morgan fingerprint density at radius 2 is 2.09 bits per heavy atom. The second-order valence-electron chi connectivity index (χ2n) is 5.14. The zero-order chi connectivity index (χ0) is 15.5. The summed E-state index contributed by atoms with van der Waals surface area (Å²) in [6.45, 7) is 0.822. The maximum absolute atomic E-state index is 9.16. The SMILES string of the molecule is [B]c1ccc2nc(-c3cccc(OC)c3)n(CCCO)c2c1. The van der Waals surface area contributed by atoms with Crippen LogP contribution in [0.25, 0.3) is 22.4 Å². The van der Waals surface area contributed by atoms with Crippen LogP contribution in [0.2, 0.25) is 0 Å². The van der Waals surface area contributed by atoms with Crippen molar-refractivity contribution in [3.8, 4) is 17.1 Å². The largest absolute Gasteiger partial charge is 0.497 e. The van der Waals surface area contributed by atoms with Crippen molar-refractivity contribution in [1.29, 1.82) is 0 Å². The summed E-state index contributed by atoms with van der Waals surface area (Å²) in [6, 6.07) is 13.5. The number of fused-ring (bicyclic) bond motifs is 1. The van der Waals surface area contributed by atoms with Crippen LogP contribution in [-0.4, -0.2) is 36.2 Å². The number of ether oxygens (including phenoxy) is 1. The summed E-state index contributed by atoms with van der Waals surface area (Å²) in [6.07, 6.45) is 0.664. The fraction of sp³-hybridized carbons (Fsp3) is 0.235. The molecular formula is C17H17BN2O2. The van der Waals surface area contributed by atoms with Gasteiger partial charge in [0.2, 0.25) is 0 Å². The summed E-state index contributed by atoms with van der Waals surface area (Å²) in [5.41, 5.74) is 3.55. The highest BCUT2D eigenvalue weighted by Crippen LogP contribution is 2.27. The topological polar surface area (TPSA) is 47.3 Å². The van der Waals surface area contributed by atoms with Gasteiger partial charge >= 0.3 is 0 Å². The normalized spacial score (nSPS) is 11.0. The molecule has 2 aromatic carbocycles. The van der Waals surface area contributed by atoms with Gasteiger partial charge in [0.25, 0.3) is 0 Å². The molecule has 1 aromatic heterocycles. The highest BCUT2D eigenvalue weighted by atomic mass is 16.5. The van der Waals surface area contributed by atoms with Crippen LogP contribution in [0.3, 0.4) is 0 Å². The van der Waals surface area contributed by atoms with Crippen molar-refractivity contribution in [2.45, 2.75) is 13.0 Å². The zero-order valence-corrected chi connectivity index (χ0v) is 12.5. The van der Waals surface area contributed by atoms with Crippen molar-refractivity contribution >= 4 is 24.3 Å². The molecule has 0 bridgehead atoms. The first-order valence-electron chi connectivity index (χ1n) is 7.24. The lowest BCUT2D eigenvalue weighted by molar-refractivity contribution is 0.281. The number of aliphatic hydroxyl groups excluding tert-OH is 1. The Morgan fingerprint density at radius 3 is 2.86 bits per heavy atom. The Bertz CT molecular complexity index is 798. The summed E-state index contributed by atoms with van der Waals surface area (Å²) < 4.78 is 7.39. The number of aromatic nitrogens is 2. The predicted molar refractivity (Wildman–Crippen MR) is 88.8 cm³/mol. The molecule has 4 nitrogen and oxygen atoms in total. The van der Waals surface area contributed by atoms with Gasteiger partial charge in [-0.15, -0.1) is 0 Å². The maximum atomic E-state index is 9.16. The second-order valence-corrected chi connectivity index (χ2v) is 5.14. The van der Waals surface area contributed by atoms with Crippen LogP contribution in [0, 0.1) is 0 Å². The van der Waals surface area contributed by atoms with E-state index in [2.05, 4.69) is 4.57 Å². The number of aliphatic hydroxyl groups is 1. The first kappa shape index (κ1) is 14.7. The third kappa shape index (κ3) is 2.72. The molecule has 0 fully saturated rings. The van der Waals surface area contributed by atoms with Gasteiger partial charge in [0, 0.05) is 18.7 Å². The maximum Gasteiger partial charge on any atom is 0.141 e. The van der Waals surface area contributed by atoms with E-state index in [0.717, 1.165) is 28.2 Å². The number of benzene rings is 2. The zero-order valence-electron chi connectivity index (χ0n) is 12.5. The fourth-order valence-electron chi connectivity index (χ4n) is 2.58. The smallest absolute Gasteiger partial charge is 0.141 e. The van der Waals surface area contributed by atoms with Gasteiger partial charge in [0.15, 0.2) is 0 Å². The standard InChI is InChI=1S/C17H17BN2O2/c1-22-14-5-2-4-12(10-14)17-19-15-7-6-13(18)11-16(15)20(17)8-3-9-21/h2,4-7,10-11,21H,3,8-9H2,1H3. The van der Waals surface area contributed by atoms with Crippen LogP contribution in [0.5, 0.6) is 5.75 Å². The number of rotatable bonds is 5. The van der Waals surface area contributed by atoms with Crippen LogP contribution < -0.4 is 10.2 Å². The third-order valence-electron chi connectivity index (χ3n) is 3.64. The molecule has 0 spiro atoms. The lowest BCUT2D eigenvalue weighted by Crippen LogP contribution is -2.05. The van der Waals surface area contributed by atoms with Crippen molar-refractivity contribution in [2.24, 2.45) is 0 Å². The fourth-order valence-corrected chi connectivity index (χ4v) is 2.58. The van der Waals surface area contributed by atoms with Crippen molar-refractivity contribution in [2.75, 3.05) is 13.7 Å². The first-order valence-corrected chi connectivity index (χ1v) is 7.24. The van der Waals surface area contributed by atoms with E-state index in [1.165, 1.54) is 0 Å². The Labute approximate surface area is 130 Å². The van der Waals surface area contributed by atoms with Gasteiger partial charge in [-0.05, 0) is 30.7 Å². The number of imidazole rings is 1. The molecule has 22 heavy (non-hydrogen) atoms. The van der Waals surface area contributed by atoms with E-state index < -0.39 is 0 Å². The highest BCUT2D eigenvalue weighted by molar-refractivity contribution is 6.33. The van der Waals surface area contributed by atoms with Gasteiger partial charge in [0.05, 0.1) is 18.1 Å². The second kappa shape index (κ2) is 6.24. The monoisotopic (exact) mass is 292 g/mol. The van der Waals surface area contributed by atoms with Crippen molar-refractivity contribution in [1.82, 2.24) is 9.55 Å². The molecule has 0 unspecified atom stereocenters. The lowest BCUT2D eigenvalue weighted by atomic mass is 9.96. The van der Waals surface area contributed by atoms with Crippen LogP contribution in [0.4, 0.5) is 0 Å². The van der Waals surface area contributed by atoms with E-state index in [9.17, 15) is 0 Å². The average Bonchev–Trinajstić information content (AvgIpc) is 2.90. The minimum atomic E-state index is 0.138. The van der Waals surface area contributed by atoms with Crippen LogP contribution in [0.1, 0.15) is 6.42 Å². The molecule has 0 aliphatic rings. The van der Waals surface area contributed by atoms with Crippen molar-refractivity contribution in [3.05, 3.63) is 42.5 Å². The molecule has 0 saturated heterocycles. The van der Waals surface area contributed by atoms with E-state index in [-0.39, 0.29) is 6.61 Å². The molecular weight excluding hydrogens is 275 g/mol. The average molecular weight is 292 g/mol. The van der Waals surface area contributed by atoms with Gasteiger partial charge in [-0.3, -0.25) is 0 Å². The summed E-state index contributed by atoms with van der Waals surface area (Å²) in [5, 5.41) is 9.16. The van der Waals surface area contributed by atoms with Crippen LogP contribution >= 0.6 is 0 Å². The first-order chi connectivity index (χ1) is 10.7. The van der Waals surface area contributed by atoms with E-state index in [1.54, 1.807) is 7.11 Å². The molecule has 0 aliphatic heterocycles. The number of nitrogens with zero attached hydrogens (tertiary/aromatic N) is 2. The number of aryl methyl sites for hydroxylation is 1. The quantitative estimate of drug-likeness (QED) is 0.730. The van der Waals surface area contributed by atoms with Crippen molar-refractivity contribution < 1.29 is 9.84 Å². The minimum absolute atomic E-state index is 0.138. The molecule has 110 valence electrons. The lowest BCUT2D eigenvalue weighted by Gasteiger charge is -2.09. The molecule has 2 radical (unpaired) electrons. The Kier molecular flexibility index (Phi) is 4.16. The molecule has 3 rings (SSSR count). The number of hydrogen-bond acceptors (Lipinski definition) is 3. The summed E-state index contributed by atoms with van der Waals surface area (Å²) in [4.78, 5) is 4.72. The third-order valence-corrected chi connectivity index (χ3v) is 3.64. The number of hydrogen-bond donors (Lipinski definition) is 1. The Hall–Kier alpha value is -2.27. The Balaban J connectivity index is 2.18. The van der Waals surface area contributed by atoms with Gasteiger partial charge < -0.3 is 14.4 Å². The molecule has 0 saturated carbocycles. The molecule has 1 heterocycles. The van der Waals surface area contributed by atoms with E-state index in [0.29, 0.717) is 18.4 Å². The predicted octanol–water partition coefficient (Wildman–Crippen LogP) is 1.89. The molecule has 0 aliphatic carbocycles. The van der Waals surface area contributed by atoms with Gasteiger partial charge in [-0.1, -0.05) is 23.7 Å². The van der Waals surface area contributed by atoms with Crippen molar-refractivity contribution in [3.63, 3.8) is 0 Å². The van der Waals surface area contributed by atoms with Gasteiger partial charge in [-0.2, -0.15) is 0 Å². The van der Waals surface area contributed by atoms with Crippen LogP contribution in [0.15, 0.2) is 42.5 Å². The van der Waals surface area contributed by atoms with Gasteiger partial charge in [0.1, 0.15) is 19.4 Å². The number of methoxy groups -OCH3 is 1. The van der Waals surface area contributed by atoms with E-state index in [1.807, 2.05) is 42.5 Å². The highest BCUT2D eigenvalue weighted by Gasteiger charge is 2.13. The molecule has 5 heteroatoms. The summed E-state index contributed by atoms with van der Waals surface area (Å²) in [7, 11) is 7.55. The minimum Gasteiger partial charge on any atom is -0.497 e. The Morgan fingerprint density at radius 1 is 1.23 bits per heavy atom. The van der Waals surface area contributed by atoms with E-state index in [4.69, 9.17) is 22.7 Å². The molecule has 3 aromatic rings. The molecule has 0 amide bonds.